The fourth-order valence-corrected chi connectivity index (χ4v) is 3.64. The number of aromatic nitrogens is 1. The third-order valence-corrected chi connectivity index (χ3v) is 5.43. The third-order valence-electron chi connectivity index (χ3n) is 5.43. The summed E-state index contributed by atoms with van der Waals surface area (Å²) in [5, 5.41) is 13.3. The fourth-order valence-electron chi connectivity index (χ4n) is 3.64. The number of piperazine rings is 1. The van der Waals surface area contributed by atoms with Gasteiger partial charge in [0, 0.05) is 50.9 Å². The van der Waals surface area contributed by atoms with Crippen LogP contribution in [-0.2, 0) is 6.54 Å². The highest BCUT2D eigenvalue weighted by Crippen LogP contribution is 2.19. The smallest absolute Gasteiger partial charge is 0.269 e. The Labute approximate surface area is 188 Å². The van der Waals surface area contributed by atoms with E-state index in [4.69, 9.17) is 0 Å². The van der Waals surface area contributed by atoms with Crippen molar-refractivity contribution in [3.63, 3.8) is 0 Å². The van der Waals surface area contributed by atoms with Crippen LogP contribution in [0, 0.1) is 21.7 Å². The largest absolute Gasteiger partial charge is 0.354 e. The number of carbonyl (C=O) groups excluding carboxylic acids is 1. The highest BCUT2D eigenvalue weighted by Gasteiger charge is 2.19. The van der Waals surface area contributed by atoms with Crippen LogP contribution in [-0.4, -0.2) is 46.9 Å². The number of benzene rings is 2. The lowest BCUT2D eigenvalue weighted by atomic mass is 10.2. The second-order valence-corrected chi connectivity index (χ2v) is 7.67. The van der Waals surface area contributed by atoms with Gasteiger partial charge in [0.2, 0.25) is 0 Å². The highest BCUT2D eigenvalue weighted by atomic mass is 19.1. The van der Waals surface area contributed by atoms with Crippen molar-refractivity contribution < 1.29 is 18.5 Å². The van der Waals surface area contributed by atoms with Crippen LogP contribution in [0.15, 0.2) is 60.8 Å². The number of anilines is 2. The summed E-state index contributed by atoms with van der Waals surface area (Å²) in [6.07, 6.45) is 1.50. The predicted molar refractivity (Wildman–Crippen MR) is 119 cm³/mol. The van der Waals surface area contributed by atoms with E-state index in [0.29, 0.717) is 18.3 Å². The zero-order chi connectivity index (χ0) is 23.4. The lowest BCUT2D eigenvalue weighted by molar-refractivity contribution is -0.384. The maximum Gasteiger partial charge on any atom is 0.269 e. The quantitative estimate of drug-likeness (QED) is 0.450. The molecule has 1 N–H and O–H groups in total. The molecule has 8 nitrogen and oxygen atoms in total. The summed E-state index contributed by atoms with van der Waals surface area (Å²) in [7, 11) is 0. The molecule has 2 aromatic carbocycles. The van der Waals surface area contributed by atoms with Crippen molar-refractivity contribution in [1.29, 1.82) is 0 Å². The minimum atomic E-state index is -0.927. The first kappa shape index (κ1) is 22.3. The lowest BCUT2D eigenvalue weighted by Crippen LogP contribution is -2.46. The molecule has 0 spiro atoms. The van der Waals surface area contributed by atoms with Crippen LogP contribution in [0.25, 0.3) is 0 Å². The number of rotatable bonds is 6. The summed E-state index contributed by atoms with van der Waals surface area (Å²) in [5.41, 5.74) is 1.26. The molecule has 3 aromatic rings. The van der Waals surface area contributed by atoms with Crippen molar-refractivity contribution in [2.24, 2.45) is 0 Å². The molecule has 10 heteroatoms. The Hall–Kier alpha value is -3.92. The zero-order valence-electron chi connectivity index (χ0n) is 17.6. The number of hydrogen-bond donors (Lipinski definition) is 1. The van der Waals surface area contributed by atoms with E-state index < -0.39 is 22.5 Å². The number of pyridine rings is 1. The minimum absolute atomic E-state index is 0.0806. The number of nitrogens with zero attached hydrogens (tertiary/aromatic N) is 4. The van der Waals surface area contributed by atoms with Gasteiger partial charge in [0.05, 0.1) is 22.4 Å². The number of nitro benzene ring substituents is 1. The van der Waals surface area contributed by atoms with Crippen LogP contribution in [0.4, 0.5) is 26.0 Å². The van der Waals surface area contributed by atoms with E-state index in [-0.39, 0.29) is 11.3 Å². The van der Waals surface area contributed by atoms with Gasteiger partial charge in [0.15, 0.2) is 0 Å². The van der Waals surface area contributed by atoms with Crippen LogP contribution in [0.3, 0.4) is 0 Å². The summed E-state index contributed by atoms with van der Waals surface area (Å²) in [6, 6.07) is 12.8. The Bertz CT molecular complexity index is 1150. The van der Waals surface area contributed by atoms with Gasteiger partial charge in [-0.05, 0) is 29.8 Å². The maximum absolute atomic E-state index is 13.8. The molecule has 1 aliphatic rings. The molecule has 0 atom stereocenters. The molecule has 1 saturated heterocycles. The molecule has 2 heterocycles. The van der Waals surface area contributed by atoms with E-state index in [2.05, 4.69) is 20.1 Å². The molecule has 33 heavy (non-hydrogen) atoms. The average molecular weight is 453 g/mol. The first-order valence-electron chi connectivity index (χ1n) is 10.3. The van der Waals surface area contributed by atoms with Crippen molar-refractivity contribution >= 4 is 23.1 Å². The van der Waals surface area contributed by atoms with Crippen LogP contribution in [0.2, 0.25) is 0 Å². The highest BCUT2D eigenvalue weighted by molar-refractivity contribution is 6.04. The summed E-state index contributed by atoms with van der Waals surface area (Å²) >= 11 is 0. The first-order chi connectivity index (χ1) is 15.9. The van der Waals surface area contributed by atoms with Crippen molar-refractivity contribution in [2.45, 2.75) is 6.54 Å². The van der Waals surface area contributed by atoms with Gasteiger partial charge in [-0.1, -0.05) is 12.1 Å². The molecule has 0 unspecified atom stereocenters. The predicted octanol–water partition coefficient (Wildman–Crippen LogP) is 3.84. The standard InChI is InChI=1S/C23H21F2N5O3/c24-17-3-7-20(21(25)13-17)23(31)27-18-4-8-22(26-14-18)29-11-9-28(10-12-29)15-16-1-5-19(6-2-16)30(32)33/h1-8,13-14H,9-12,15H2,(H,27,31). The zero-order valence-corrected chi connectivity index (χ0v) is 17.6. The number of amides is 1. The molecule has 0 radical (unpaired) electrons. The van der Waals surface area contributed by atoms with Gasteiger partial charge >= 0.3 is 0 Å². The van der Waals surface area contributed by atoms with Crippen molar-refractivity contribution in [3.8, 4) is 0 Å². The molecule has 1 amide bonds. The molecule has 1 aromatic heterocycles. The topological polar surface area (TPSA) is 91.6 Å². The Morgan fingerprint density at radius 2 is 1.76 bits per heavy atom. The van der Waals surface area contributed by atoms with Crippen LogP contribution in [0.1, 0.15) is 15.9 Å². The molecule has 4 rings (SSSR count). The summed E-state index contributed by atoms with van der Waals surface area (Å²) in [6.45, 7) is 3.84. The molecular formula is C23H21F2N5O3. The first-order valence-corrected chi connectivity index (χ1v) is 10.3. The Morgan fingerprint density at radius 3 is 2.36 bits per heavy atom. The number of nitrogens with one attached hydrogen (secondary N) is 1. The van der Waals surface area contributed by atoms with E-state index in [1.54, 1.807) is 24.3 Å². The second-order valence-electron chi connectivity index (χ2n) is 7.67. The fraction of sp³-hybridized carbons (Fsp3) is 0.217. The van der Waals surface area contributed by atoms with Crippen LogP contribution >= 0.6 is 0 Å². The Morgan fingerprint density at radius 1 is 1.03 bits per heavy atom. The van der Waals surface area contributed by atoms with E-state index >= 15 is 0 Å². The van der Waals surface area contributed by atoms with E-state index in [1.807, 2.05) is 0 Å². The summed E-state index contributed by atoms with van der Waals surface area (Å²) in [4.78, 5) is 31.4. The van der Waals surface area contributed by atoms with Gasteiger partial charge in [-0.25, -0.2) is 13.8 Å². The molecule has 0 bridgehead atoms. The molecular weight excluding hydrogens is 432 g/mol. The van der Waals surface area contributed by atoms with Crippen LogP contribution in [0.5, 0.6) is 0 Å². The van der Waals surface area contributed by atoms with Gasteiger partial charge in [-0.15, -0.1) is 0 Å². The second kappa shape index (κ2) is 9.70. The molecule has 1 fully saturated rings. The Balaban J connectivity index is 1.30. The van der Waals surface area contributed by atoms with Crippen molar-refractivity contribution in [3.05, 3.63) is 93.7 Å². The third kappa shape index (κ3) is 5.47. The normalized spacial score (nSPS) is 14.2. The van der Waals surface area contributed by atoms with Gasteiger partial charge < -0.3 is 10.2 Å². The van der Waals surface area contributed by atoms with Crippen LogP contribution < -0.4 is 10.2 Å². The van der Waals surface area contributed by atoms with E-state index in [0.717, 1.165) is 49.7 Å². The molecule has 0 aliphatic carbocycles. The summed E-state index contributed by atoms with van der Waals surface area (Å²) < 4.78 is 26.8. The summed E-state index contributed by atoms with van der Waals surface area (Å²) in [5.74, 6) is -1.59. The van der Waals surface area contributed by atoms with Gasteiger partial charge in [-0.2, -0.15) is 0 Å². The number of halogens is 2. The number of carbonyl (C=O) groups is 1. The van der Waals surface area contributed by atoms with E-state index in [9.17, 15) is 23.7 Å². The monoisotopic (exact) mass is 453 g/mol. The minimum Gasteiger partial charge on any atom is -0.354 e. The number of hydrogen-bond acceptors (Lipinski definition) is 6. The molecule has 170 valence electrons. The number of non-ortho nitro benzene ring substituents is 1. The number of nitro groups is 1. The molecule has 0 saturated carbocycles. The van der Waals surface area contributed by atoms with Gasteiger partial charge in [0.1, 0.15) is 17.5 Å². The molecule has 1 aliphatic heterocycles. The van der Waals surface area contributed by atoms with Crippen molar-refractivity contribution in [1.82, 2.24) is 9.88 Å². The van der Waals surface area contributed by atoms with Gasteiger partial charge in [-0.3, -0.25) is 19.8 Å². The van der Waals surface area contributed by atoms with Gasteiger partial charge in [0.25, 0.3) is 11.6 Å². The average Bonchev–Trinajstić information content (AvgIpc) is 2.80. The van der Waals surface area contributed by atoms with Crippen molar-refractivity contribution in [2.75, 3.05) is 36.4 Å². The Kier molecular flexibility index (Phi) is 6.55. The SMILES string of the molecule is O=C(Nc1ccc(N2CCN(Cc3ccc([N+](=O)[O-])cc3)CC2)nc1)c1ccc(F)cc1F. The maximum atomic E-state index is 13.8. The van der Waals surface area contributed by atoms with E-state index in [1.165, 1.54) is 18.3 Å². The lowest BCUT2D eigenvalue weighted by Gasteiger charge is -2.35.